The molecule has 1 aliphatic rings. The van der Waals surface area contributed by atoms with Crippen molar-refractivity contribution in [3.8, 4) is 6.07 Å². The number of carbonyl (C=O) groups is 1. The van der Waals surface area contributed by atoms with E-state index in [4.69, 9.17) is 5.26 Å². The van der Waals surface area contributed by atoms with Crippen LogP contribution in [0.3, 0.4) is 0 Å². The van der Waals surface area contributed by atoms with E-state index in [9.17, 15) is 19.3 Å². The van der Waals surface area contributed by atoms with Gasteiger partial charge in [-0.05, 0) is 6.07 Å². The van der Waals surface area contributed by atoms with Crippen molar-refractivity contribution in [2.45, 2.75) is 6.42 Å². The average molecular weight is 249 g/mol. The summed E-state index contributed by atoms with van der Waals surface area (Å²) < 4.78 is 13.2. The molecule has 0 aliphatic carbocycles. The van der Waals surface area contributed by atoms with Crippen LogP contribution in [0.5, 0.6) is 0 Å². The fraction of sp³-hybridized carbons (Fsp3) is 0.273. The Hall–Kier alpha value is -2.49. The third-order valence-corrected chi connectivity index (χ3v) is 2.70. The fourth-order valence-corrected chi connectivity index (χ4v) is 1.86. The number of nitro groups is 1. The third-order valence-electron chi connectivity index (χ3n) is 2.70. The van der Waals surface area contributed by atoms with Gasteiger partial charge in [-0.1, -0.05) is 0 Å². The van der Waals surface area contributed by atoms with Crippen molar-refractivity contribution < 1.29 is 14.1 Å². The Morgan fingerprint density at radius 1 is 1.50 bits per heavy atom. The van der Waals surface area contributed by atoms with Gasteiger partial charge in [0.2, 0.25) is 5.91 Å². The molecule has 0 saturated carbocycles. The van der Waals surface area contributed by atoms with Crippen molar-refractivity contribution in [3.63, 3.8) is 0 Å². The van der Waals surface area contributed by atoms with Gasteiger partial charge in [-0.25, -0.2) is 4.39 Å². The van der Waals surface area contributed by atoms with Crippen LogP contribution in [-0.2, 0) is 4.79 Å². The van der Waals surface area contributed by atoms with Gasteiger partial charge >= 0.3 is 0 Å². The van der Waals surface area contributed by atoms with Crippen molar-refractivity contribution in [2.24, 2.45) is 5.92 Å². The van der Waals surface area contributed by atoms with Gasteiger partial charge in [-0.3, -0.25) is 14.9 Å². The molecule has 1 unspecified atom stereocenters. The first-order valence-electron chi connectivity index (χ1n) is 5.16. The predicted molar refractivity (Wildman–Crippen MR) is 59.1 cm³/mol. The molecule has 1 aliphatic heterocycles. The maximum atomic E-state index is 13.2. The lowest BCUT2D eigenvalue weighted by atomic mass is 10.1. The second-order valence-corrected chi connectivity index (χ2v) is 3.96. The summed E-state index contributed by atoms with van der Waals surface area (Å²) in [4.78, 5) is 22.7. The Morgan fingerprint density at radius 3 is 2.78 bits per heavy atom. The van der Waals surface area contributed by atoms with Crippen LogP contribution in [0.1, 0.15) is 6.42 Å². The van der Waals surface area contributed by atoms with E-state index < -0.39 is 22.3 Å². The first-order chi connectivity index (χ1) is 8.51. The largest absolute Gasteiger partial charge is 0.311 e. The molecule has 0 aromatic heterocycles. The average Bonchev–Trinajstić information content (AvgIpc) is 2.69. The molecule has 1 atom stereocenters. The van der Waals surface area contributed by atoms with Gasteiger partial charge < -0.3 is 4.90 Å². The molecular formula is C11H8FN3O3. The molecule has 1 fully saturated rings. The second kappa shape index (κ2) is 4.41. The van der Waals surface area contributed by atoms with Crippen LogP contribution in [0.25, 0.3) is 0 Å². The number of nitriles is 1. The summed E-state index contributed by atoms with van der Waals surface area (Å²) in [5, 5.41) is 19.3. The standard InChI is InChI=1S/C11H8FN3O3/c12-8-2-9(4-10(3-8)15(17)18)14-6-7(5-13)1-11(14)16/h2-4,7H,1,6H2. The van der Waals surface area contributed by atoms with Gasteiger partial charge in [0.1, 0.15) is 5.82 Å². The monoisotopic (exact) mass is 249 g/mol. The molecule has 1 saturated heterocycles. The van der Waals surface area contributed by atoms with Crippen molar-refractivity contribution in [1.29, 1.82) is 5.26 Å². The number of halogens is 1. The summed E-state index contributed by atoms with van der Waals surface area (Å²) in [5.74, 6) is -1.58. The van der Waals surface area contributed by atoms with E-state index in [-0.39, 0.29) is 24.6 Å². The van der Waals surface area contributed by atoms with Crippen molar-refractivity contribution >= 4 is 17.3 Å². The zero-order valence-electron chi connectivity index (χ0n) is 9.17. The molecule has 1 heterocycles. The van der Waals surface area contributed by atoms with E-state index in [1.165, 1.54) is 4.90 Å². The summed E-state index contributed by atoms with van der Waals surface area (Å²) in [6.45, 7) is 0.135. The van der Waals surface area contributed by atoms with Crippen LogP contribution < -0.4 is 4.90 Å². The number of hydrogen-bond donors (Lipinski definition) is 0. The zero-order valence-corrected chi connectivity index (χ0v) is 9.17. The normalized spacial score (nSPS) is 18.8. The molecule has 1 aromatic rings. The number of hydrogen-bond acceptors (Lipinski definition) is 4. The Balaban J connectivity index is 2.37. The SMILES string of the molecule is N#CC1CC(=O)N(c2cc(F)cc([N+](=O)[O-])c2)C1. The summed E-state index contributed by atoms with van der Waals surface area (Å²) >= 11 is 0. The minimum atomic E-state index is -0.785. The zero-order chi connectivity index (χ0) is 13.3. The minimum absolute atomic E-state index is 0.0564. The maximum Gasteiger partial charge on any atom is 0.274 e. The lowest BCUT2D eigenvalue weighted by Gasteiger charge is -2.15. The topological polar surface area (TPSA) is 87.2 Å². The van der Waals surface area contributed by atoms with Gasteiger partial charge in [-0.15, -0.1) is 0 Å². The van der Waals surface area contributed by atoms with Gasteiger partial charge in [-0.2, -0.15) is 5.26 Å². The number of nitrogens with zero attached hydrogens (tertiary/aromatic N) is 3. The number of anilines is 1. The number of non-ortho nitro benzene ring substituents is 1. The van der Waals surface area contributed by atoms with Crippen LogP contribution in [0, 0.1) is 33.2 Å². The molecule has 0 radical (unpaired) electrons. The summed E-state index contributed by atoms with van der Waals surface area (Å²) in [6.07, 6.45) is 0.0564. The first-order valence-corrected chi connectivity index (χ1v) is 5.16. The van der Waals surface area contributed by atoms with E-state index in [1.807, 2.05) is 6.07 Å². The number of benzene rings is 1. The number of amides is 1. The maximum absolute atomic E-state index is 13.2. The highest BCUT2D eigenvalue weighted by Gasteiger charge is 2.31. The Labute approximate surface area is 101 Å². The van der Waals surface area contributed by atoms with E-state index in [0.717, 1.165) is 18.2 Å². The van der Waals surface area contributed by atoms with Gasteiger partial charge in [0.25, 0.3) is 5.69 Å². The smallest absolute Gasteiger partial charge is 0.274 e. The summed E-state index contributed by atoms with van der Waals surface area (Å²) in [7, 11) is 0. The molecule has 1 amide bonds. The highest BCUT2D eigenvalue weighted by Crippen LogP contribution is 2.28. The van der Waals surface area contributed by atoms with Crippen molar-refractivity contribution in [1.82, 2.24) is 0 Å². The lowest BCUT2D eigenvalue weighted by Crippen LogP contribution is -2.24. The lowest BCUT2D eigenvalue weighted by molar-refractivity contribution is -0.385. The van der Waals surface area contributed by atoms with E-state index in [1.54, 1.807) is 0 Å². The van der Waals surface area contributed by atoms with Gasteiger partial charge in [0.15, 0.2) is 0 Å². The molecule has 1 aromatic carbocycles. The molecule has 0 spiro atoms. The second-order valence-electron chi connectivity index (χ2n) is 3.96. The Kier molecular flexibility index (Phi) is 2.93. The van der Waals surface area contributed by atoms with Crippen LogP contribution in [0.4, 0.5) is 15.8 Å². The minimum Gasteiger partial charge on any atom is -0.311 e. The van der Waals surface area contributed by atoms with E-state index in [0.29, 0.717) is 0 Å². The van der Waals surface area contributed by atoms with Gasteiger partial charge in [0, 0.05) is 19.0 Å². The molecule has 7 heteroatoms. The molecule has 0 N–H and O–H groups in total. The first kappa shape index (κ1) is 12.0. The van der Waals surface area contributed by atoms with E-state index in [2.05, 4.69) is 0 Å². The van der Waals surface area contributed by atoms with Crippen LogP contribution >= 0.6 is 0 Å². The summed E-state index contributed by atoms with van der Waals surface area (Å²) in [5.41, 5.74) is -0.303. The molecule has 0 bridgehead atoms. The molecule has 6 nitrogen and oxygen atoms in total. The van der Waals surface area contributed by atoms with Crippen LogP contribution in [-0.4, -0.2) is 17.4 Å². The number of nitro benzene ring substituents is 1. The quantitative estimate of drug-likeness (QED) is 0.588. The van der Waals surface area contributed by atoms with Crippen molar-refractivity contribution in [2.75, 3.05) is 11.4 Å². The van der Waals surface area contributed by atoms with Crippen LogP contribution in [0.15, 0.2) is 18.2 Å². The molecule has 92 valence electrons. The number of carbonyl (C=O) groups excluding carboxylic acids is 1. The third kappa shape index (κ3) is 2.13. The Morgan fingerprint density at radius 2 is 2.22 bits per heavy atom. The predicted octanol–water partition coefficient (Wildman–Crippen LogP) is 1.61. The highest BCUT2D eigenvalue weighted by atomic mass is 19.1. The Bertz CT molecular complexity index is 567. The van der Waals surface area contributed by atoms with Gasteiger partial charge in [0.05, 0.1) is 28.7 Å². The molecule has 18 heavy (non-hydrogen) atoms. The molecule has 2 rings (SSSR count). The molecular weight excluding hydrogens is 241 g/mol. The number of rotatable bonds is 2. The summed E-state index contributed by atoms with van der Waals surface area (Å²) in [6, 6.07) is 4.91. The van der Waals surface area contributed by atoms with E-state index >= 15 is 0 Å². The fourth-order valence-electron chi connectivity index (χ4n) is 1.86. The highest BCUT2D eigenvalue weighted by molar-refractivity contribution is 5.96. The van der Waals surface area contributed by atoms with Crippen LogP contribution in [0.2, 0.25) is 0 Å². The van der Waals surface area contributed by atoms with Crippen molar-refractivity contribution in [3.05, 3.63) is 34.1 Å².